The molecule has 0 saturated heterocycles. The van der Waals surface area contributed by atoms with Crippen molar-refractivity contribution in [1.82, 2.24) is 5.32 Å². The standard InChI is InChI=1S/C15H15BrClNO/c1-18-9-12-4-7-15(14(17)8-12)19-10-11-2-5-13(16)6-3-11/h2-8,18H,9-10H2,1H3. The lowest BCUT2D eigenvalue weighted by molar-refractivity contribution is 0.306. The van der Waals surface area contributed by atoms with Crippen molar-refractivity contribution in [3.05, 3.63) is 63.1 Å². The molecule has 0 aliphatic rings. The second-order valence-electron chi connectivity index (χ2n) is 4.21. The first-order valence-corrected chi connectivity index (χ1v) is 7.16. The summed E-state index contributed by atoms with van der Waals surface area (Å²) in [4.78, 5) is 0. The monoisotopic (exact) mass is 339 g/mol. The highest BCUT2D eigenvalue weighted by molar-refractivity contribution is 9.10. The van der Waals surface area contributed by atoms with Crippen LogP contribution in [0, 0.1) is 0 Å². The summed E-state index contributed by atoms with van der Waals surface area (Å²) in [6.45, 7) is 1.31. The van der Waals surface area contributed by atoms with Crippen molar-refractivity contribution in [3.63, 3.8) is 0 Å². The molecule has 19 heavy (non-hydrogen) atoms. The highest BCUT2D eigenvalue weighted by atomic mass is 79.9. The first-order valence-electron chi connectivity index (χ1n) is 5.99. The molecule has 0 radical (unpaired) electrons. The molecule has 0 saturated carbocycles. The number of rotatable bonds is 5. The maximum Gasteiger partial charge on any atom is 0.138 e. The number of hydrogen-bond acceptors (Lipinski definition) is 2. The lowest BCUT2D eigenvalue weighted by Gasteiger charge is -2.09. The highest BCUT2D eigenvalue weighted by Gasteiger charge is 2.03. The fourth-order valence-electron chi connectivity index (χ4n) is 1.72. The molecular weight excluding hydrogens is 326 g/mol. The topological polar surface area (TPSA) is 21.3 Å². The number of hydrogen-bond donors (Lipinski definition) is 1. The predicted molar refractivity (Wildman–Crippen MR) is 82.7 cm³/mol. The second-order valence-corrected chi connectivity index (χ2v) is 5.53. The van der Waals surface area contributed by atoms with Crippen LogP contribution in [0.25, 0.3) is 0 Å². The number of nitrogens with one attached hydrogen (secondary N) is 1. The van der Waals surface area contributed by atoms with Gasteiger partial charge in [-0.15, -0.1) is 0 Å². The molecule has 0 aliphatic carbocycles. The zero-order valence-corrected chi connectivity index (χ0v) is 13.0. The summed E-state index contributed by atoms with van der Waals surface area (Å²) in [5, 5.41) is 3.73. The van der Waals surface area contributed by atoms with Gasteiger partial charge in [0.2, 0.25) is 0 Å². The summed E-state index contributed by atoms with van der Waals surface area (Å²) in [6.07, 6.45) is 0. The van der Waals surface area contributed by atoms with E-state index in [1.165, 1.54) is 0 Å². The molecule has 0 aromatic heterocycles. The summed E-state index contributed by atoms with van der Waals surface area (Å²) in [5.74, 6) is 0.712. The molecule has 0 atom stereocenters. The van der Waals surface area contributed by atoms with Gasteiger partial charge in [0.15, 0.2) is 0 Å². The van der Waals surface area contributed by atoms with Crippen molar-refractivity contribution in [3.8, 4) is 5.75 Å². The van der Waals surface area contributed by atoms with E-state index in [-0.39, 0.29) is 0 Å². The Balaban J connectivity index is 2.01. The van der Waals surface area contributed by atoms with Gasteiger partial charge < -0.3 is 10.1 Å². The van der Waals surface area contributed by atoms with Gasteiger partial charge in [0.1, 0.15) is 12.4 Å². The van der Waals surface area contributed by atoms with Crippen molar-refractivity contribution in [2.45, 2.75) is 13.2 Å². The Morgan fingerprint density at radius 3 is 2.42 bits per heavy atom. The van der Waals surface area contributed by atoms with E-state index in [0.717, 1.165) is 22.1 Å². The van der Waals surface area contributed by atoms with E-state index in [4.69, 9.17) is 16.3 Å². The van der Waals surface area contributed by atoms with Gasteiger partial charge in [0, 0.05) is 11.0 Å². The van der Waals surface area contributed by atoms with Crippen molar-refractivity contribution in [2.24, 2.45) is 0 Å². The number of ether oxygens (including phenoxy) is 1. The SMILES string of the molecule is CNCc1ccc(OCc2ccc(Br)cc2)c(Cl)c1. The van der Waals surface area contributed by atoms with Crippen LogP contribution in [0.4, 0.5) is 0 Å². The number of halogens is 2. The molecule has 0 unspecified atom stereocenters. The minimum Gasteiger partial charge on any atom is -0.487 e. The Bertz CT molecular complexity index is 542. The third-order valence-corrected chi connectivity index (χ3v) is 3.51. The van der Waals surface area contributed by atoms with E-state index in [9.17, 15) is 0 Å². The summed E-state index contributed by atoms with van der Waals surface area (Å²) in [5.41, 5.74) is 2.25. The molecule has 4 heteroatoms. The smallest absolute Gasteiger partial charge is 0.138 e. The molecule has 2 aromatic rings. The average molecular weight is 341 g/mol. The molecule has 1 N–H and O–H groups in total. The Kier molecular flexibility index (Phi) is 5.25. The molecule has 0 bridgehead atoms. The van der Waals surface area contributed by atoms with Crippen molar-refractivity contribution in [1.29, 1.82) is 0 Å². The lowest BCUT2D eigenvalue weighted by Crippen LogP contribution is -2.05. The van der Waals surface area contributed by atoms with E-state index in [1.54, 1.807) is 0 Å². The van der Waals surface area contributed by atoms with Gasteiger partial charge in [-0.05, 0) is 42.4 Å². The van der Waals surface area contributed by atoms with Crippen LogP contribution in [0.3, 0.4) is 0 Å². The minimum absolute atomic E-state index is 0.512. The maximum absolute atomic E-state index is 6.20. The van der Waals surface area contributed by atoms with Crippen LogP contribution >= 0.6 is 27.5 Å². The molecule has 100 valence electrons. The van der Waals surface area contributed by atoms with Crippen LogP contribution in [0.2, 0.25) is 5.02 Å². The lowest BCUT2D eigenvalue weighted by atomic mass is 10.2. The maximum atomic E-state index is 6.20. The van der Waals surface area contributed by atoms with Gasteiger partial charge in [0.25, 0.3) is 0 Å². The largest absolute Gasteiger partial charge is 0.487 e. The molecule has 2 rings (SSSR count). The molecular formula is C15H15BrClNO. The molecule has 0 fully saturated rings. The quantitative estimate of drug-likeness (QED) is 0.871. The van der Waals surface area contributed by atoms with Gasteiger partial charge in [-0.1, -0.05) is 45.7 Å². The second kappa shape index (κ2) is 6.94. The summed E-state index contributed by atoms with van der Waals surface area (Å²) in [7, 11) is 1.91. The van der Waals surface area contributed by atoms with Crippen LogP contribution in [-0.2, 0) is 13.2 Å². The van der Waals surface area contributed by atoms with Gasteiger partial charge in [0.05, 0.1) is 5.02 Å². The Hall–Kier alpha value is -1.03. The fraction of sp³-hybridized carbons (Fsp3) is 0.200. The van der Waals surface area contributed by atoms with Gasteiger partial charge in [-0.2, -0.15) is 0 Å². The van der Waals surface area contributed by atoms with Crippen molar-refractivity contribution < 1.29 is 4.74 Å². The van der Waals surface area contributed by atoms with Crippen molar-refractivity contribution >= 4 is 27.5 Å². The van der Waals surface area contributed by atoms with Crippen LogP contribution in [0.1, 0.15) is 11.1 Å². The Labute approximate surface area is 126 Å². The molecule has 0 amide bonds. The zero-order chi connectivity index (χ0) is 13.7. The Morgan fingerprint density at radius 1 is 1.11 bits per heavy atom. The van der Waals surface area contributed by atoms with E-state index in [2.05, 4.69) is 21.2 Å². The zero-order valence-electron chi connectivity index (χ0n) is 10.6. The average Bonchev–Trinajstić information content (AvgIpc) is 2.40. The molecule has 2 nitrogen and oxygen atoms in total. The van der Waals surface area contributed by atoms with Crippen LogP contribution in [0.15, 0.2) is 46.9 Å². The Morgan fingerprint density at radius 2 is 1.79 bits per heavy atom. The third-order valence-electron chi connectivity index (χ3n) is 2.68. The predicted octanol–water partition coefficient (Wildman–Crippen LogP) is 4.40. The molecule has 2 aromatic carbocycles. The first-order chi connectivity index (χ1) is 9.19. The van der Waals surface area contributed by atoms with Gasteiger partial charge >= 0.3 is 0 Å². The third kappa shape index (κ3) is 4.23. The van der Waals surface area contributed by atoms with Crippen LogP contribution in [0.5, 0.6) is 5.75 Å². The van der Waals surface area contributed by atoms with E-state index < -0.39 is 0 Å². The fourth-order valence-corrected chi connectivity index (χ4v) is 2.24. The van der Waals surface area contributed by atoms with E-state index in [0.29, 0.717) is 17.4 Å². The van der Waals surface area contributed by atoms with Gasteiger partial charge in [-0.25, -0.2) is 0 Å². The normalized spacial score (nSPS) is 10.5. The highest BCUT2D eigenvalue weighted by Crippen LogP contribution is 2.26. The molecule has 0 aliphatic heterocycles. The summed E-state index contributed by atoms with van der Waals surface area (Å²) < 4.78 is 6.79. The summed E-state index contributed by atoms with van der Waals surface area (Å²) in [6, 6.07) is 13.9. The summed E-state index contributed by atoms with van der Waals surface area (Å²) >= 11 is 9.60. The van der Waals surface area contributed by atoms with E-state index in [1.807, 2.05) is 49.5 Å². The minimum atomic E-state index is 0.512. The van der Waals surface area contributed by atoms with Crippen LogP contribution < -0.4 is 10.1 Å². The van der Waals surface area contributed by atoms with Gasteiger partial charge in [-0.3, -0.25) is 0 Å². The number of benzene rings is 2. The van der Waals surface area contributed by atoms with E-state index >= 15 is 0 Å². The van der Waals surface area contributed by atoms with Crippen LogP contribution in [-0.4, -0.2) is 7.05 Å². The first kappa shape index (κ1) is 14.4. The molecule has 0 heterocycles. The van der Waals surface area contributed by atoms with Crippen molar-refractivity contribution in [2.75, 3.05) is 7.05 Å². The molecule has 0 spiro atoms.